The molecule has 1 heterocycles. The van der Waals surface area contributed by atoms with Gasteiger partial charge in [0.2, 0.25) is 0 Å². The first-order chi connectivity index (χ1) is 7.61. The lowest BCUT2D eigenvalue weighted by atomic mass is 10.2. The van der Waals surface area contributed by atoms with Crippen molar-refractivity contribution in [1.82, 2.24) is 9.80 Å². The minimum atomic E-state index is 0.351. The molecule has 0 bridgehead atoms. The van der Waals surface area contributed by atoms with E-state index < -0.39 is 0 Å². The highest BCUT2D eigenvalue weighted by Gasteiger charge is 2.20. The molecule has 1 unspecified atom stereocenters. The Morgan fingerprint density at radius 1 is 1.50 bits per heavy atom. The van der Waals surface area contributed by atoms with Crippen LogP contribution in [0.15, 0.2) is 0 Å². The minimum absolute atomic E-state index is 0.351. The SMILES string of the molecule is CC(C)CN(CCN)CC1CN(C)CCO1. The van der Waals surface area contributed by atoms with Gasteiger partial charge in [0.15, 0.2) is 0 Å². The molecule has 1 fully saturated rings. The third kappa shape index (κ3) is 5.25. The van der Waals surface area contributed by atoms with Gasteiger partial charge >= 0.3 is 0 Å². The van der Waals surface area contributed by atoms with Crippen molar-refractivity contribution in [2.45, 2.75) is 20.0 Å². The molecule has 0 radical (unpaired) electrons. The molecule has 1 aliphatic rings. The van der Waals surface area contributed by atoms with Crippen LogP contribution in [0.25, 0.3) is 0 Å². The first kappa shape index (κ1) is 13.9. The fourth-order valence-corrected chi connectivity index (χ4v) is 2.22. The Balaban J connectivity index is 2.34. The van der Waals surface area contributed by atoms with Gasteiger partial charge in [-0.05, 0) is 13.0 Å². The fourth-order valence-electron chi connectivity index (χ4n) is 2.22. The van der Waals surface area contributed by atoms with Gasteiger partial charge in [0.25, 0.3) is 0 Å². The summed E-state index contributed by atoms with van der Waals surface area (Å²) in [4.78, 5) is 4.76. The van der Waals surface area contributed by atoms with Crippen LogP contribution in [-0.2, 0) is 4.74 Å². The Kier molecular flexibility index (Phi) is 6.28. The number of nitrogens with two attached hydrogens (primary N) is 1. The van der Waals surface area contributed by atoms with Crippen molar-refractivity contribution in [3.05, 3.63) is 0 Å². The molecule has 0 aromatic carbocycles. The van der Waals surface area contributed by atoms with Crippen LogP contribution in [0, 0.1) is 5.92 Å². The van der Waals surface area contributed by atoms with E-state index in [0.717, 1.165) is 45.9 Å². The number of nitrogens with zero attached hydrogens (tertiary/aromatic N) is 2. The van der Waals surface area contributed by atoms with Crippen LogP contribution >= 0.6 is 0 Å². The van der Waals surface area contributed by atoms with Crippen molar-refractivity contribution >= 4 is 0 Å². The molecule has 16 heavy (non-hydrogen) atoms. The van der Waals surface area contributed by atoms with Gasteiger partial charge in [0.05, 0.1) is 12.7 Å². The molecule has 4 heteroatoms. The van der Waals surface area contributed by atoms with Crippen molar-refractivity contribution < 1.29 is 4.74 Å². The van der Waals surface area contributed by atoms with Crippen molar-refractivity contribution in [2.24, 2.45) is 11.7 Å². The summed E-state index contributed by atoms with van der Waals surface area (Å²) in [6.45, 7) is 11.3. The van der Waals surface area contributed by atoms with E-state index in [1.807, 2.05) is 0 Å². The summed E-state index contributed by atoms with van der Waals surface area (Å²) in [5.41, 5.74) is 5.64. The van der Waals surface area contributed by atoms with Gasteiger partial charge in [-0.2, -0.15) is 0 Å². The summed E-state index contributed by atoms with van der Waals surface area (Å²) in [7, 11) is 2.16. The highest BCUT2D eigenvalue weighted by molar-refractivity contribution is 4.74. The Morgan fingerprint density at radius 2 is 2.25 bits per heavy atom. The molecule has 0 saturated carbocycles. The number of ether oxygens (including phenoxy) is 1. The molecule has 0 aliphatic carbocycles. The maximum absolute atomic E-state index is 5.78. The highest BCUT2D eigenvalue weighted by Crippen LogP contribution is 2.07. The molecule has 0 amide bonds. The normalized spacial score (nSPS) is 23.2. The summed E-state index contributed by atoms with van der Waals surface area (Å²) >= 11 is 0. The van der Waals surface area contributed by atoms with Gasteiger partial charge in [0.1, 0.15) is 0 Å². The number of hydrogen-bond donors (Lipinski definition) is 1. The lowest BCUT2D eigenvalue weighted by molar-refractivity contribution is -0.0364. The zero-order valence-corrected chi connectivity index (χ0v) is 11.0. The maximum atomic E-state index is 5.78. The Hall–Kier alpha value is -0.160. The summed E-state index contributed by atoms with van der Waals surface area (Å²) in [6, 6.07) is 0. The standard InChI is InChI=1S/C12H27N3O/c1-11(2)8-15(5-4-13)10-12-9-14(3)6-7-16-12/h11-12H,4-10,13H2,1-3H3. The van der Waals surface area contributed by atoms with Gasteiger partial charge in [-0.25, -0.2) is 0 Å². The average Bonchev–Trinajstić information content (AvgIpc) is 2.16. The Morgan fingerprint density at radius 3 is 2.81 bits per heavy atom. The molecule has 96 valence electrons. The van der Waals surface area contributed by atoms with E-state index in [0.29, 0.717) is 12.0 Å². The average molecular weight is 229 g/mol. The summed E-state index contributed by atoms with van der Waals surface area (Å²) < 4.78 is 5.78. The van der Waals surface area contributed by atoms with E-state index in [9.17, 15) is 0 Å². The quantitative estimate of drug-likeness (QED) is 0.708. The maximum Gasteiger partial charge on any atom is 0.0829 e. The summed E-state index contributed by atoms with van der Waals surface area (Å²) in [5.74, 6) is 0.688. The highest BCUT2D eigenvalue weighted by atomic mass is 16.5. The van der Waals surface area contributed by atoms with Crippen LogP contribution in [0.1, 0.15) is 13.8 Å². The second-order valence-electron chi connectivity index (χ2n) is 5.20. The number of likely N-dealkylation sites (N-methyl/N-ethyl adjacent to an activating group) is 1. The zero-order chi connectivity index (χ0) is 12.0. The van der Waals surface area contributed by atoms with E-state index in [-0.39, 0.29) is 0 Å². The van der Waals surface area contributed by atoms with Crippen LogP contribution in [0.3, 0.4) is 0 Å². The number of hydrogen-bond acceptors (Lipinski definition) is 4. The topological polar surface area (TPSA) is 41.7 Å². The van der Waals surface area contributed by atoms with Crippen LogP contribution in [0.5, 0.6) is 0 Å². The van der Waals surface area contributed by atoms with Crippen LogP contribution in [0.2, 0.25) is 0 Å². The smallest absolute Gasteiger partial charge is 0.0829 e. The lowest BCUT2D eigenvalue weighted by Crippen LogP contribution is -2.47. The summed E-state index contributed by atoms with van der Waals surface area (Å²) in [5, 5.41) is 0. The van der Waals surface area contributed by atoms with Crippen LogP contribution < -0.4 is 5.73 Å². The van der Waals surface area contributed by atoms with Crippen molar-refractivity contribution in [3.8, 4) is 0 Å². The first-order valence-corrected chi connectivity index (χ1v) is 6.34. The lowest BCUT2D eigenvalue weighted by Gasteiger charge is -2.34. The monoisotopic (exact) mass is 229 g/mol. The Labute approximate surface area is 99.7 Å². The van der Waals surface area contributed by atoms with Crippen molar-refractivity contribution in [3.63, 3.8) is 0 Å². The van der Waals surface area contributed by atoms with Gasteiger partial charge in [-0.15, -0.1) is 0 Å². The third-order valence-electron chi connectivity index (χ3n) is 2.87. The molecule has 2 N–H and O–H groups in total. The van der Waals surface area contributed by atoms with Crippen molar-refractivity contribution in [1.29, 1.82) is 0 Å². The molecule has 0 spiro atoms. The third-order valence-corrected chi connectivity index (χ3v) is 2.87. The van der Waals surface area contributed by atoms with E-state index in [1.165, 1.54) is 0 Å². The molecular weight excluding hydrogens is 202 g/mol. The minimum Gasteiger partial charge on any atom is -0.374 e. The van der Waals surface area contributed by atoms with Crippen molar-refractivity contribution in [2.75, 3.05) is 52.9 Å². The number of morpholine rings is 1. The van der Waals surface area contributed by atoms with E-state index in [4.69, 9.17) is 10.5 Å². The number of rotatable bonds is 6. The molecule has 1 atom stereocenters. The fraction of sp³-hybridized carbons (Fsp3) is 1.00. The zero-order valence-electron chi connectivity index (χ0n) is 11.0. The molecule has 0 aromatic rings. The molecular formula is C12H27N3O. The van der Waals surface area contributed by atoms with Gasteiger partial charge in [0, 0.05) is 39.3 Å². The second-order valence-corrected chi connectivity index (χ2v) is 5.20. The molecule has 1 saturated heterocycles. The van der Waals surface area contributed by atoms with Crippen LogP contribution in [-0.4, -0.2) is 68.8 Å². The van der Waals surface area contributed by atoms with E-state index in [1.54, 1.807) is 0 Å². The van der Waals surface area contributed by atoms with E-state index >= 15 is 0 Å². The van der Waals surface area contributed by atoms with E-state index in [2.05, 4.69) is 30.7 Å². The summed E-state index contributed by atoms with van der Waals surface area (Å²) in [6.07, 6.45) is 0.351. The van der Waals surface area contributed by atoms with Gasteiger partial charge in [-0.1, -0.05) is 13.8 Å². The first-order valence-electron chi connectivity index (χ1n) is 6.34. The second kappa shape index (κ2) is 7.22. The molecule has 0 aromatic heterocycles. The van der Waals surface area contributed by atoms with Gasteiger partial charge in [-0.3, -0.25) is 4.90 Å². The Bertz CT molecular complexity index is 187. The molecule has 1 aliphatic heterocycles. The van der Waals surface area contributed by atoms with Gasteiger partial charge < -0.3 is 15.4 Å². The predicted octanol–water partition coefficient (Wildman–Crippen LogP) is 0.234. The largest absolute Gasteiger partial charge is 0.374 e. The van der Waals surface area contributed by atoms with Crippen LogP contribution in [0.4, 0.5) is 0 Å². The molecule has 4 nitrogen and oxygen atoms in total. The molecule has 1 rings (SSSR count). The predicted molar refractivity (Wildman–Crippen MR) is 67.6 cm³/mol.